The average Bonchev–Trinajstić information content (AvgIpc) is 2.81. The van der Waals surface area contributed by atoms with E-state index in [4.69, 9.17) is 22.3 Å². The van der Waals surface area contributed by atoms with Crippen LogP contribution in [0.2, 0.25) is 0 Å². The lowest BCUT2D eigenvalue weighted by atomic mass is 9.90. The topological polar surface area (TPSA) is 103 Å². The molecule has 1 aliphatic heterocycles. The highest BCUT2D eigenvalue weighted by atomic mass is 15.1. The van der Waals surface area contributed by atoms with Gasteiger partial charge in [-0.2, -0.15) is 0 Å². The minimum atomic E-state index is 0.139. The molecule has 0 radical (unpaired) electrons. The molecular formula is C27H39N5. The molecule has 172 valence electrons. The number of nitrogens with two attached hydrogens (primary N) is 2. The number of nitrogens with zero attached hydrogens (tertiary/aromatic N) is 1. The lowest BCUT2D eigenvalue weighted by Gasteiger charge is -2.32. The molecule has 1 fully saturated rings. The van der Waals surface area contributed by atoms with Crippen LogP contribution in [0, 0.1) is 16.7 Å². The van der Waals surface area contributed by atoms with Crippen molar-refractivity contribution in [1.29, 1.82) is 10.8 Å². The Morgan fingerprint density at radius 1 is 0.719 bits per heavy atom. The number of hydrogen-bond acceptors (Lipinski definition) is 3. The fraction of sp³-hybridized carbons (Fsp3) is 0.481. The number of rotatable bonds is 12. The van der Waals surface area contributed by atoms with Crippen molar-refractivity contribution in [2.24, 2.45) is 17.4 Å². The number of nitrogen functional groups attached to an aromatic ring is 2. The number of unbranched alkanes of at least 4 members (excludes halogenated alkanes) is 2. The van der Waals surface area contributed by atoms with Crippen LogP contribution in [-0.4, -0.2) is 36.2 Å². The normalized spacial score (nSPS) is 15.0. The molecular weight excluding hydrogens is 394 g/mol. The Bertz CT molecular complexity index is 775. The van der Waals surface area contributed by atoms with Crippen molar-refractivity contribution in [2.45, 2.75) is 57.8 Å². The van der Waals surface area contributed by atoms with Gasteiger partial charge in [0.05, 0.1) is 0 Å². The monoisotopic (exact) mass is 433 g/mol. The Hall–Kier alpha value is -2.66. The molecule has 3 rings (SSSR count). The minimum absolute atomic E-state index is 0.139. The second kappa shape index (κ2) is 12.4. The third kappa shape index (κ3) is 7.79. The molecule has 2 aromatic rings. The zero-order valence-electron chi connectivity index (χ0n) is 19.3. The summed E-state index contributed by atoms with van der Waals surface area (Å²) in [5.74, 6) is 1.18. The van der Waals surface area contributed by atoms with Crippen LogP contribution in [0.25, 0.3) is 0 Å². The molecule has 1 saturated heterocycles. The van der Waals surface area contributed by atoms with Gasteiger partial charge in [-0.25, -0.2) is 0 Å². The summed E-state index contributed by atoms with van der Waals surface area (Å²) in [6.45, 7) is 3.73. The van der Waals surface area contributed by atoms with E-state index in [-0.39, 0.29) is 11.7 Å². The van der Waals surface area contributed by atoms with Gasteiger partial charge in [-0.3, -0.25) is 10.8 Å². The first-order valence-electron chi connectivity index (χ1n) is 12.1. The van der Waals surface area contributed by atoms with Crippen molar-refractivity contribution in [3.8, 4) is 0 Å². The molecule has 1 aliphatic rings. The molecule has 2 aromatic carbocycles. The number of likely N-dealkylation sites (tertiary alicyclic amines) is 1. The van der Waals surface area contributed by atoms with Crippen LogP contribution in [0.3, 0.4) is 0 Å². The Kier molecular flexibility index (Phi) is 9.29. The second-order valence-corrected chi connectivity index (χ2v) is 9.21. The Balaban J connectivity index is 1.23. The van der Waals surface area contributed by atoms with Gasteiger partial charge < -0.3 is 16.4 Å². The Morgan fingerprint density at radius 3 is 1.66 bits per heavy atom. The standard InChI is InChI=1S/C27H39N5/c28-26(29)24-12-8-21(9-13-24)5-1-2-6-23-16-19-32(20-17-23)18-4-3-7-22-10-14-25(15-11-22)27(30)31/h8-15,23H,1-7,16-20H2,(H3,28,29)(H3,30,31). The second-order valence-electron chi connectivity index (χ2n) is 9.21. The summed E-state index contributed by atoms with van der Waals surface area (Å²) in [6.07, 6.45) is 11.3. The highest BCUT2D eigenvalue weighted by Crippen LogP contribution is 2.23. The van der Waals surface area contributed by atoms with Crippen molar-refractivity contribution < 1.29 is 0 Å². The number of hydrogen-bond donors (Lipinski definition) is 4. The predicted octanol–water partition coefficient (Wildman–Crippen LogP) is 4.70. The molecule has 5 heteroatoms. The molecule has 0 amide bonds. The van der Waals surface area contributed by atoms with Gasteiger partial charge in [-0.15, -0.1) is 0 Å². The first-order chi connectivity index (χ1) is 15.5. The Labute approximate surface area is 193 Å². The summed E-state index contributed by atoms with van der Waals surface area (Å²) < 4.78 is 0. The summed E-state index contributed by atoms with van der Waals surface area (Å²) in [4.78, 5) is 2.64. The van der Waals surface area contributed by atoms with E-state index in [1.807, 2.05) is 24.3 Å². The lowest BCUT2D eigenvalue weighted by molar-refractivity contribution is 0.175. The van der Waals surface area contributed by atoms with Gasteiger partial charge in [0, 0.05) is 11.1 Å². The summed E-state index contributed by atoms with van der Waals surface area (Å²) >= 11 is 0. The molecule has 0 saturated carbocycles. The van der Waals surface area contributed by atoms with Crippen molar-refractivity contribution in [1.82, 2.24) is 4.90 Å². The summed E-state index contributed by atoms with van der Waals surface area (Å²) in [5.41, 5.74) is 15.3. The van der Waals surface area contributed by atoms with Crippen LogP contribution in [0.5, 0.6) is 0 Å². The van der Waals surface area contributed by atoms with Crippen molar-refractivity contribution in [2.75, 3.05) is 19.6 Å². The summed E-state index contributed by atoms with van der Waals surface area (Å²) in [6, 6.07) is 16.2. The van der Waals surface area contributed by atoms with Crippen LogP contribution in [0.1, 0.15) is 67.2 Å². The molecule has 0 aromatic heterocycles. The van der Waals surface area contributed by atoms with Gasteiger partial charge in [0.1, 0.15) is 11.7 Å². The lowest BCUT2D eigenvalue weighted by Crippen LogP contribution is -2.34. The molecule has 0 bridgehead atoms. The van der Waals surface area contributed by atoms with E-state index in [0.29, 0.717) is 0 Å². The van der Waals surface area contributed by atoms with E-state index in [1.54, 1.807) is 0 Å². The van der Waals surface area contributed by atoms with E-state index >= 15 is 0 Å². The predicted molar refractivity (Wildman–Crippen MR) is 135 cm³/mol. The minimum Gasteiger partial charge on any atom is -0.384 e. The zero-order chi connectivity index (χ0) is 22.8. The van der Waals surface area contributed by atoms with Crippen molar-refractivity contribution in [3.05, 3.63) is 70.8 Å². The molecule has 5 nitrogen and oxygen atoms in total. The van der Waals surface area contributed by atoms with Gasteiger partial charge in [-0.1, -0.05) is 61.4 Å². The maximum absolute atomic E-state index is 7.47. The first-order valence-corrected chi connectivity index (χ1v) is 12.1. The highest BCUT2D eigenvalue weighted by Gasteiger charge is 2.18. The number of benzene rings is 2. The average molecular weight is 434 g/mol. The third-order valence-electron chi connectivity index (χ3n) is 6.75. The zero-order valence-corrected chi connectivity index (χ0v) is 19.3. The maximum atomic E-state index is 7.47. The van der Waals surface area contributed by atoms with Gasteiger partial charge in [0.2, 0.25) is 0 Å². The molecule has 0 unspecified atom stereocenters. The van der Waals surface area contributed by atoms with Crippen molar-refractivity contribution >= 4 is 11.7 Å². The van der Waals surface area contributed by atoms with E-state index < -0.39 is 0 Å². The molecule has 0 atom stereocenters. The van der Waals surface area contributed by atoms with Gasteiger partial charge >= 0.3 is 0 Å². The third-order valence-corrected chi connectivity index (χ3v) is 6.75. The first kappa shape index (κ1) is 24.0. The molecule has 0 aliphatic carbocycles. The van der Waals surface area contributed by atoms with Crippen LogP contribution in [0.15, 0.2) is 48.5 Å². The van der Waals surface area contributed by atoms with Gasteiger partial charge in [0.25, 0.3) is 0 Å². The fourth-order valence-electron chi connectivity index (χ4n) is 4.63. The van der Waals surface area contributed by atoms with E-state index in [0.717, 1.165) is 29.9 Å². The molecule has 0 spiro atoms. The van der Waals surface area contributed by atoms with Crippen LogP contribution >= 0.6 is 0 Å². The Morgan fingerprint density at radius 2 is 1.19 bits per heavy atom. The fourth-order valence-corrected chi connectivity index (χ4v) is 4.63. The maximum Gasteiger partial charge on any atom is 0.122 e. The number of nitrogens with one attached hydrogen (secondary N) is 2. The smallest absolute Gasteiger partial charge is 0.122 e. The quantitative estimate of drug-likeness (QED) is 0.221. The van der Waals surface area contributed by atoms with Crippen LogP contribution < -0.4 is 11.5 Å². The number of amidine groups is 2. The van der Waals surface area contributed by atoms with Gasteiger partial charge in [-0.05, 0) is 81.6 Å². The van der Waals surface area contributed by atoms with E-state index in [2.05, 4.69) is 29.2 Å². The summed E-state index contributed by atoms with van der Waals surface area (Å²) in [7, 11) is 0. The molecule has 1 heterocycles. The van der Waals surface area contributed by atoms with E-state index in [9.17, 15) is 0 Å². The SMILES string of the molecule is N=C(N)c1ccc(CCCCC2CCN(CCCCc3ccc(C(=N)N)cc3)CC2)cc1. The summed E-state index contributed by atoms with van der Waals surface area (Å²) in [5, 5.41) is 14.9. The number of aryl methyl sites for hydroxylation is 2. The highest BCUT2D eigenvalue weighted by molar-refractivity contribution is 5.95. The van der Waals surface area contributed by atoms with Gasteiger partial charge in [0.15, 0.2) is 0 Å². The van der Waals surface area contributed by atoms with Crippen LogP contribution in [0.4, 0.5) is 0 Å². The van der Waals surface area contributed by atoms with E-state index in [1.165, 1.54) is 75.7 Å². The molecule has 6 N–H and O–H groups in total. The largest absolute Gasteiger partial charge is 0.384 e. The van der Waals surface area contributed by atoms with Crippen LogP contribution in [-0.2, 0) is 12.8 Å². The van der Waals surface area contributed by atoms with Crippen molar-refractivity contribution in [3.63, 3.8) is 0 Å². The molecule has 32 heavy (non-hydrogen) atoms. The number of piperidine rings is 1.